The van der Waals surface area contributed by atoms with Gasteiger partial charge in [-0.2, -0.15) is 0 Å². The highest BCUT2D eigenvalue weighted by Gasteiger charge is 2.18. The van der Waals surface area contributed by atoms with Gasteiger partial charge in [-0.15, -0.1) is 0 Å². The van der Waals surface area contributed by atoms with Gasteiger partial charge in [0.15, 0.2) is 0 Å². The van der Waals surface area contributed by atoms with Crippen LogP contribution in [0, 0.1) is 0 Å². The van der Waals surface area contributed by atoms with Crippen LogP contribution in [0.4, 0.5) is 0 Å². The third kappa shape index (κ3) is 3.54. The number of nitrogens with zero attached hydrogens (tertiary/aromatic N) is 2. The van der Waals surface area contributed by atoms with Crippen molar-refractivity contribution in [1.82, 2.24) is 9.91 Å². The number of carbonyl (C=O) groups is 1. The van der Waals surface area contributed by atoms with E-state index in [9.17, 15) is 4.79 Å². The smallest absolute Gasteiger partial charge is 0.222 e. The Kier molecular flexibility index (Phi) is 4.12. The van der Waals surface area contributed by atoms with Crippen LogP contribution in [0.1, 0.15) is 12.0 Å². The Balaban J connectivity index is 1.78. The van der Waals surface area contributed by atoms with Crippen LogP contribution in [-0.2, 0) is 11.2 Å². The third-order valence-corrected chi connectivity index (χ3v) is 3.14. The van der Waals surface area contributed by atoms with E-state index in [0.29, 0.717) is 6.42 Å². The summed E-state index contributed by atoms with van der Waals surface area (Å²) in [5.74, 6) is 5.90. The molecule has 1 saturated heterocycles. The fourth-order valence-electron chi connectivity index (χ4n) is 2.03. The molecule has 1 aliphatic rings. The molecule has 0 aromatic heterocycles. The zero-order chi connectivity index (χ0) is 12.1. The van der Waals surface area contributed by atoms with Gasteiger partial charge < -0.3 is 4.90 Å². The molecular weight excluding hydrogens is 214 g/mol. The molecule has 2 N–H and O–H groups in total. The first kappa shape index (κ1) is 12.1. The topological polar surface area (TPSA) is 49.6 Å². The van der Waals surface area contributed by atoms with Gasteiger partial charge >= 0.3 is 0 Å². The van der Waals surface area contributed by atoms with Gasteiger partial charge in [0.1, 0.15) is 0 Å². The summed E-state index contributed by atoms with van der Waals surface area (Å²) >= 11 is 0. The van der Waals surface area contributed by atoms with Crippen molar-refractivity contribution in [2.24, 2.45) is 5.84 Å². The molecule has 0 bridgehead atoms. The molecule has 1 fully saturated rings. The van der Waals surface area contributed by atoms with E-state index < -0.39 is 0 Å². The number of carbonyl (C=O) groups excluding carboxylic acids is 1. The van der Waals surface area contributed by atoms with Gasteiger partial charge in [-0.05, 0) is 12.0 Å². The van der Waals surface area contributed by atoms with Crippen molar-refractivity contribution in [2.45, 2.75) is 12.8 Å². The van der Waals surface area contributed by atoms with Crippen LogP contribution in [0.25, 0.3) is 0 Å². The summed E-state index contributed by atoms with van der Waals surface area (Å²) in [5, 5.41) is 1.76. The Morgan fingerprint density at radius 1 is 1.12 bits per heavy atom. The summed E-state index contributed by atoms with van der Waals surface area (Å²) in [4.78, 5) is 13.9. The fourth-order valence-corrected chi connectivity index (χ4v) is 2.03. The van der Waals surface area contributed by atoms with E-state index in [4.69, 9.17) is 5.84 Å². The van der Waals surface area contributed by atoms with Crippen LogP contribution in [-0.4, -0.2) is 42.0 Å². The molecular formula is C13H19N3O. The Labute approximate surface area is 102 Å². The molecule has 1 aliphatic heterocycles. The van der Waals surface area contributed by atoms with Gasteiger partial charge in [-0.25, -0.2) is 5.01 Å². The average Bonchev–Trinajstić information content (AvgIpc) is 2.38. The van der Waals surface area contributed by atoms with Crippen LogP contribution in [0.5, 0.6) is 0 Å². The second-order valence-electron chi connectivity index (χ2n) is 4.40. The van der Waals surface area contributed by atoms with Crippen LogP contribution >= 0.6 is 0 Å². The fraction of sp³-hybridized carbons (Fsp3) is 0.462. The van der Waals surface area contributed by atoms with Crippen molar-refractivity contribution in [3.05, 3.63) is 35.9 Å². The summed E-state index contributed by atoms with van der Waals surface area (Å²) in [6.45, 7) is 3.06. The van der Waals surface area contributed by atoms with Crippen LogP contribution in [0.2, 0.25) is 0 Å². The van der Waals surface area contributed by atoms with Crippen molar-refractivity contribution in [2.75, 3.05) is 26.2 Å². The molecule has 0 spiro atoms. The third-order valence-electron chi connectivity index (χ3n) is 3.14. The van der Waals surface area contributed by atoms with Crippen LogP contribution in [0.15, 0.2) is 30.3 Å². The van der Waals surface area contributed by atoms with E-state index in [-0.39, 0.29) is 5.91 Å². The number of aryl methyl sites for hydroxylation is 1. The van der Waals surface area contributed by atoms with E-state index in [1.807, 2.05) is 23.1 Å². The quantitative estimate of drug-likeness (QED) is 0.779. The molecule has 0 atom stereocenters. The summed E-state index contributed by atoms with van der Waals surface area (Å²) < 4.78 is 0. The van der Waals surface area contributed by atoms with Gasteiger partial charge in [0.2, 0.25) is 5.91 Å². The van der Waals surface area contributed by atoms with Crippen molar-refractivity contribution < 1.29 is 4.79 Å². The number of rotatable bonds is 3. The lowest BCUT2D eigenvalue weighted by Gasteiger charge is -2.32. The predicted molar refractivity (Wildman–Crippen MR) is 67.1 cm³/mol. The molecule has 2 rings (SSSR count). The average molecular weight is 233 g/mol. The zero-order valence-electron chi connectivity index (χ0n) is 10.0. The van der Waals surface area contributed by atoms with Gasteiger partial charge in [0.25, 0.3) is 0 Å². The summed E-state index contributed by atoms with van der Waals surface area (Å²) in [7, 11) is 0. The summed E-state index contributed by atoms with van der Waals surface area (Å²) in [6, 6.07) is 10.1. The van der Waals surface area contributed by atoms with Gasteiger partial charge in [0.05, 0.1) is 0 Å². The van der Waals surface area contributed by atoms with Gasteiger partial charge in [0, 0.05) is 32.6 Å². The number of nitrogens with two attached hydrogens (primary N) is 1. The first-order valence-corrected chi connectivity index (χ1v) is 6.07. The lowest BCUT2D eigenvalue weighted by molar-refractivity contribution is -0.132. The minimum Gasteiger partial charge on any atom is -0.340 e. The highest BCUT2D eigenvalue weighted by atomic mass is 16.2. The molecule has 1 aromatic rings. The Bertz CT molecular complexity index is 358. The molecule has 17 heavy (non-hydrogen) atoms. The maximum atomic E-state index is 11.9. The van der Waals surface area contributed by atoms with Crippen molar-refractivity contribution in [1.29, 1.82) is 0 Å². The molecule has 0 aliphatic carbocycles. The number of hydrogen-bond donors (Lipinski definition) is 1. The lowest BCUT2D eigenvalue weighted by atomic mass is 10.1. The van der Waals surface area contributed by atoms with E-state index in [1.54, 1.807) is 5.01 Å². The molecule has 0 unspecified atom stereocenters. The minimum atomic E-state index is 0.238. The summed E-state index contributed by atoms with van der Waals surface area (Å²) in [5.41, 5.74) is 1.22. The summed E-state index contributed by atoms with van der Waals surface area (Å²) in [6.07, 6.45) is 1.41. The molecule has 0 radical (unpaired) electrons. The van der Waals surface area contributed by atoms with E-state index in [1.165, 1.54) is 5.56 Å². The molecule has 1 amide bonds. The van der Waals surface area contributed by atoms with Crippen LogP contribution < -0.4 is 5.84 Å². The largest absolute Gasteiger partial charge is 0.340 e. The van der Waals surface area contributed by atoms with E-state index in [2.05, 4.69) is 12.1 Å². The second kappa shape index (κ2) is 5.80. The van der Waals surface area contributed by atoms with E-state index >= 15 is 0 Å². The Morgan fingerprint density at radius 2 is 1.76 bits per heavy atom. The second-order valence-corrected chi connectivity index (χ2v) is 4.40. The maximum Gasteiger partial charge on any atom is 0.222 e. The highest BCUT2D eigenvalue weighted by molar-refractivity contribution is 5.76. The first-order chi connectivity index (χ1) is 8.25. The molecule has 4 heteroatoms. The van der Waals surface area contributed by atoms with Gasteiger partial charge in [-0.1, -0.05) is 30.3 Å². The number of hydrazine groups is 1. The highest BCUT2D eigenvalue weighted by Crippen LogP contribution is 2.06. The normalized spacial score (nSPS) is 17.1. The molecule has 92 valence electrons. The predicted octanol–water partition coefficient (Wildman–Crippen LogP) is 0.637. The molecule has 1 aromatic carbocycles. The number of amides is 1. The molecule has 4 nitrogen and oxygen atoms in total. The minimum absolute atomic E-state index is 0.238. The monoisotopic (exact) mass is 233 g/mol. The standard InChI is InChI=1S/C13H19N3O/c14-16-10-8-15(9-11-16)13(17)7-6-12-4-2-1-3-5-12/h1-5H,6-11,14H2. The maximum absolute atomic E-state index is 11.9. The van der Waals surface area contributed by atoms with E-state index in [0.717, 1.165) is 32.6 Å². The molecule has 1 heterocycles. The SMILES string of the molecule is NN1CCN(C(=O)CCc2ccccc2)CC1. The first-order valence-electron chi connectivity index (χ1n) is 6.07. The number of piperazine rings is 1. The van der Waals surface area contributed by atoms with Gasteiger partial charge in [-0.3, -0.25) is 10.6 Å². The van der Waals surface area contributed by atoms with Crippen molar-refractivity contribution >= 4 is 5.91 Å². The van der Waals surface area contributed by atoms with Crippen molar-refractivity contribution in [3.8, 4) is 0 Å². The van der Waals surface area contributed by atoms with Crippen LogP contribution in [0.3, 0.4) is 0 Å². The zero-order valence-corrected chi connectivity index (χ0v) is 10.0. The van der Waals surface area contributed by atoms with Crippen molar-refractivity contribution in [3.63, 3.8) is 0 Å². The lowest BCUT2D eigenvalue weighted by Crippen LogP contribution is -2.51. The number of hydrogen-bond acceptors (Lipinski definition) is 3. The molecule has 0 saturated carbocycles. The Hall–Kier alpha value is -1.39. The Morgan fingerprint density at radius 3 is 2.41 bits per heavy atom. The number of benzene rings is 1.